The van der Waals surface area contributed by atoms with Crippen molar-refractivity contribution in [3.63, 3.8) is 0 Å². The zero-order valence-corrected chi connectivity index (χ0v) is 29.7. The summed E-state index contributed by atoms with van der Waals surface area (Å²) in [7, 11) is 0. The molecule has 0 bridgehead atoms. The Balaban J connectivity index is 1.35. The lowest BCUT2D eigenvalue weighted by Gasteiger charge is -2.31. The number of ether oxygens (including phenoxy) is 1. The second-order valence-electron chi connectivity index (χ2n) is 11.3. The Hall–Kier alpha value is -4.20. The second kappa shape index (κ2) is 14.1. The number of imide groups is 1. The number of carbonyl (C=O) groups excluding carboxylic acids is 4. The highest BCUT2D eigenvalue weighted by atomic mass is 79.9. The maximum Gasteiger partial charge on any atom is 0.338 e. The lowest BCUT2D eigenvalue weighted by molar-refractivity contribution is -0.122. The van der Waals surface area contributed by atoms with Gasteiger partial charge < -0.3 is 15.0 Å². The maximum atomic E-state index is 14.2. The number of nitrogens with one attached hydrogen (secondary N) is 1. The highest BCUT2D eigenvalue weighted by molar-refractivity contribution is 9.10. The molecule has 3 aromatic carbocycles. The number of esters is 1. The molecule has 3 heterocycles. The molecule has 0 saturated carbocycles. The van der Waals surface area contributed by atoms with Crippen molar-refractivity contribution in [1.29, 1.82) is 0 Å². The minimum Gasteiger partial charge on any atom is -0.462 e. The van der Waals surface area contributed by atoms with Crippen LogP contribution in [-0.2, 0) is 25.7 Å². The van der Waals surface area contributed by atoms with Gasteiger partial charge in [0.1, 0.15) is 11.8 Å². The lowest BCUT2D eigenvalue weighted by Crippen LogP contribution is -2.33. The Morgan fingerprint density at radius 3 is 2.19 bits per heavy atom. The lowest BCUT2D eigenvalue weighted by atomic mass is 9.83. The van der Waals surface area contributed by atoms with Crippen molar-refractivity contribution >= 4 is 79.8 Å². The molecule has 0 aliphatic carbocycles. The van der Waals surface area contributed by atoms with Crippen LogP contribution in [0.25, 0.3) is 0 Å². The van der Waals surface area contributed by atoms with Gasteiger partial charge in [0.25, 0.3) is 0 Å². The van der Waals surface area contributed by atoms with Gasteiger partial charge in [-0.1, -0.05) is 51.2 Å². The summed E-state index contributed by atoms with van der Waals surface area (Å²) in [5, 5.41) is 2.50. The average molecular weight is 750 g/mol. The number of rotatable bonds is 10. The van der Waals surface area contributed by atoms with Crippen LogP contribution in [0.3, 0.4) is 0 Å². The number of benzene rings is 3. The van der Waals surface area contributed by atoms with Gasteiger partial charge in [0.05, 0.1) is 28.8 Å². The van der Waals surface area contributed by atoms with E-state index in [1.807, 2.05) is 24.3 Å². The van der Waals surface area contributed by atoms with E-state index in [1.165, 1.54) is 21.2 Å². The predicted molar refractivity (Wildman–Crippen MR) is 191 cm³/mol. The molecule has 13 heteroatoms. The van der Waals surface area contributed by atoms with Crippen LogP contribution < -0.4 is 20.0 Å². The molecule has 10 nitrogen and oxygen atoms in total. The third-order valence-electron chi connectivity index (χ3n) is 8.50. The normalized spacial score (nSPS) is 18.3. The number of thiazole rings is 1. The van der Waals surface area contributed by atoms with Gasteiger partial charge in [0.15, 0.2) is 0 Å². The van der Waals surface area contributed by atoms with Crippen molar-refractivity contribution in [3.8, 4) is 0 Å². The van der Waals surface area contributed by atoms with E-state index >= 15 is 0 Å². The fourth-order valence-electron chi connectivity index (χ4n) is 6.19. The van der Waals surface area contributed by atoms with E-state index in [-0.39, 0.29) is 29.8 Å². The molecule has 0 spiro atoms. The van der Waals surface area contributed by atoms with Crippen molar-refractivity contribution in [3.05, 3.63) is 103 Å². The largest absolute Gasteiger partial charge is 0.462 e. The van der Waals surface area contributed by atoms with Gasteiger partial charge in [0.2, 0.25) is 17.7 Å². The van der Waals surface area contributed by atoms with Crippen LogP contribution in [0.4, 0.5) is 17.1 Å². The summed E-state index contributed by atoms with van der Waals surface area (Å²) in [5.74, 6) is -2.89. The van der Waals surface area contributed by atoms with Crippen LogP contribution in [0, 0.1) is 5.92 Å². The molecule has 2 aliphatic rings. The number of halogens is 1. The summed E-state index contributed by atoms with van der Waals surface area (Å²) in [4.78, 5) is 70.7. The first-order valence-electron chi connectivity index (χ1n) is 15.6. The van der Waals surface area contributed by atoms with E-state index in [0.717, 1.165) is 40.1 Å². The number of thioether (sulfide) groups is 1. The Morgan fingerprint density at radius 2 is 1.56 bits per heavy atom. The van der Waals surface area contributed by atoms with Crippen LogP contribution in [-0.4, -0.2) is 53.2 Å². The quantitative estimate of drug-likeness (QED) is 0.152. The van der Waals surface area contributed by atoms with Gasteiger partial charge in [-0.05, 0) is 87.0 Å². The first kappa shape index (κ1) is 33.7. The first-order valence-corrected chi connectivity index (χ1v) is 18.1. The van der Waals surface area contributed by atoms with E-state index in [4.69, 9.17) is 4.74 Å². The molecule has 2 unspecified atom stereocenters. The summed E-state index contributed by atoms with van der Waals surface area (Å²) in [6.07, 6.45) is 0. The minimum absolute atomic E-state index is 0.251. The van der Waals surface area contributed by atoms with Gasteiger partial charge in [0, 0.05) is 39.7 Å². The Morgan fingerprint density at radius 1 is 0.896 bits per heavy atom. The molecule has 6 rings (SSSR count). The monoisotopic (exact) mass is 748 g/mol. The van der Waals surface area contributed by atoms with Crippen LogP contribution in [0.2, 0.25) is 0 Å². The van der Waals surface area contributed by atoms with Crippen molar-refractivity contribution in [2.75, 3.05) is 34.8 Å². The van der Waals surface area contributed by atoms with E-state index < -0.39 is 29.0 Å². The third-order valence-corrected chi connectivity index (χ3v) is 11.6. The fourth-order valence-corrected chi connectivity index (χ4v) is 9.23. The van der Waals surface area contributed by atoms with E-state index in [2.05, 4.69) is 40.0 Å². The van der Waals surface area contributed by atoms with Crippen molar-refractivity contribution in [1.82, 2.24) is 4.57 Å². The summed E-state index contributed by atoms with van der Waals surface area (Å²) in [6, 6.07) is 21.3. The SMILES string of the molecule is CCOC(=O)c1ccc(NC(=O)Cn2c3c(sc2=O)[C@H](c2ccc(N(CC)CC)cc2)C2C(=O)N(c4ccc(Br)cc4)C(=O)C2S3)cc1. The standard InChI is InChI=1S/C35H33BrN4O6S2/c1-4-38(5-2)24-15-9-20(10-16-24)27-28-29(32(43)40(31(28)42)25-17-11-22(36)12-18-25)47-33-30(27)48-35(45)39(33)19-26(41)37-23-13-7-21(8-14-23)34(44)46-6-3/h7-18,27-29H,4-6,19H2,1-3H3,(H,37,41)/t27-,28?,29?/m1/s1. The predicted octanol–water partition coefficient (Wildman–Crippen LogP) is 6.13. The molecule has 3 amide bonds. The average Bonchev–Trinajstić information content (AvgIpc) is 3.52. The summed E-state index contributed by atoms with van der Waals surface area (Å²) >= 11 is 5.60. The minimum atomic E-state index is -0.792. The number of aromatic nitrogens is 1. The van der Waals surface area contributed by atoms with E-state index in [0.29, 0.717) is 26.8 Å². The summed E-state index contributed by atoms with van der Waals surface area (Å²) in [6.45, 7) is 7.52. The number of amides is 3. The molecule has 2 aliphatic heterocycles. The van der Waals surface area contributed by atoms with Crippen LogP contribution in [0.1, 0.15) is 47.5 Å². The van der Waals surface area contributed by atoms with Crippen molar-refractivity contribution in [2.45, 2.75) is 43.5 Å². The number of hydrogen-bond donors (Lipinski definition) is 1. The molecule has 1 N–H and O–H groups in total. The van der Waals surface area contributed by atoms with Crippen molar-refractivity contribution < 1.29 is 23.9 Å². The fraction of sp³-hybridized carbons (Fsp3) is 0.286. The summed E-state index contributed by atoms with van der Waals surface area (Å²) < 4.78 is 7.23. The smallest absolute Gasteiger partial charge is 0.338 e. The topological polar surface area (TPSA) is 118 Å². The van der Waals surface area contributed by atoms with E-state index in [9.17, 15) is 24.0 Å². The number of nitrogens with zero attached hydrogens (tertiary/aromatic N) is 3. The molecule has 48 heavy (non-hydrogen) atoms. The highest BCUT2D eigenvalue weighted by Crippen LogP contribution is 2.54. The number of carbonyl (C=O) groups is 4. The third kappa shape index (κ3) is 6.34. The molecule has 0 radical (unpaired) electrons. The highest BCUT2D eigenvalue weighted by Gasteiger charge is 2.56. The molecule has 1 aromatic heterocycles. The maximum absolute atomic E-state index is 14.2. The molecule has 1 saturated heterocycles. The number of anilines is 3. The van der Waals surface area contributed by atoms with Crippen LogP contribution in [0.5, 0.6) is 0 Å². The molecule has 4 aromatic rings. The van der Waals surface area contributed by atoms with Crippen LogP contribution >= 0.6 is 39.0 Å². The Labute approximate surface area is 294 Å². The first-order chi connectivity index (χ1) is 23.1. The molecule has 248 valence electrons. The van der Waals surface area contributed by atoms with Crippen LogP contribution in [0.15, 0.2) is 87.1 Å². The van der Waals surface area contributed by atoms with Crippen molar-refractivity contribution in [2.24, 2.45) is 5.92 Å². The molecule has 1 fully saturated rings. The molecular weight excluding hydrogens is 716 g/mol. The number of hydrogen-bond acceptors (Lipinski definition) is 9. The van der Waals surface area contributed by atoms with Gasteiger partial charge >= 0.3 is 10.8 Å². The van der Waals surface area contributed by atoms with Gasteiger partial charge in [-0.3, -0.25) is 23.7 Å². The Kier molecular flexibility index (Phi) is 9.90. The molecular formula is C35H33BrN4O6S2. The second-order valence-corrected chi connectivity index (χ2v) is 14.3. The zero-order valence-electron chi connectivity index (χ0n) is 26.5. The van der Waals surface area contributed by atoms with Gasteiger partial charge in [-0.25, -0.2) is 9.69 Å². The zero-order chi connectivity index (χ0) is 34.1. The van der Waals surface area contributed by atoms with E-state index in [1.54, 1.807) is 55.5 Å². The summed E-state index contributed by atoms with van der Waals surface area (Å²) in [5.41, 5.74) is 3.14. The van der Waals surface area contributed by atoms with Gasteiger partial charge in [-0.15, -0.1) is 0 Å². The number of fused-ring (bicyclic) bond motifs is 2. The van der Waals surface area contributed by atoms with Gasteiger partial charge in [-0.2, -0.15) is 0 Å². The molecule has 3 atom stereocenters. The Bertz CT molecular complexity index is 1920.